The lowest BCUT2D eigenvalue weighted by Gasteiger charge is -2.39. The molecule has 2 aliphatic heterocycles. The van der Waals surface area contributed by atoms with Crippen molar-refractivity contribution in [2.24, 2.45) is 0 Å². The van der Waals surface area contributed by atoms with Crippen LogP contribution in [0.15, 0.2) is 46.7 Å². The molecular formula is C23H30N4O6S2. The molecule has 1 aromatic carbocycles. The SMILES string of the molecule is CCNC(=O)N1CCN(S(=O)(=O)c2ccc(-c3ccccc3)s2)C(C(=O)NOC2CCCCO2)C1. The topological polar surface area (TPSA) is 117 Å². The fourth-order valence-electron chi connectivity index (χ4n) is 4.04. The first-order valence-electron chi connectivity index (χ1n) is 11.7. The lowest BCUT2D eigenvalue weighted by Crippen LogP contribution is -2.62. The van der Waals surface area contributed by atoms with Gasteiger partial charge < -0.3 is 15.0 Å². The van der Waals surface area contributed by atoms with Gasteiger partial charge in [-0.25, -0.2) is 23.5 Å². The van der Waals surface area contributed by atoms with Gasteiger partial charge in [0.05, 0.1) is 0 Å². The van der Waals surface area contributed by atoms with Gasteiger partial charge in [-0.15, -0.1) is 11.3 Å². The molecule has 0 saturated carbocycles. The number of hydroxylamine groups is 1. The van der Waals surface area contributed by atoms with Crippen LogP contribution in [-0.2, 0) is 24.4 Å². The van der Waals surface area contributed by atoms with Crippen LogP contribution in [0.1, 0.15) is 26.2 Å². The third-order valence-corrected chi connectivity index (χ3v) is 9.39. The van der Waals surface area contributed by atoms with Crippen LogP contribution in [0.25, 0.3) is 10.4 Å². The number of hydrogen-bond acceptors (Lipinski definition) is 7. The van der Waals surface area contributed by atoms with E-state index in [4.69, 9.17) is 9.57 Å². The number of carbonyl (C=O) groups excluding carboxylic acids is 2. The van der Waals surface area contributed by atoms with Crippen LogP contribution in [0.2, 0.25) is 0 Å². The van der Waals surface area contributed by atoms with Crippen molar-refractivity contribution in [3.05, 3.63) is 42.5 Å². The number of amides is 3. The second-order valence-corrected chi connectivity index (χ2v) is 11.5. The highest BCUT2D eigenvalue weighted by atomic mass is 32.2. The van der Waals surface area contributed by atoms with Crippen molar-refractivity contribution in [3.8, 4) is 10.4 Å². The Hall–Kier alpha value is -2.51. The molecule has 2 atom stereocenters. The zero-order valence-corrected chi connectivity index (χ0v) is 21.1. The zero-order valence-electron chi connectivity index (χ0n) is 19.5. The average molecular weight is 523 g/mol. The predicted molar refractivity (Wildman–Crippen MR) is 131 cm³/mol. The van der Waals surface area contributed by atoms with Crippen molar-refractivity contribution in [1.82, 2.24) is 20.0 Å². The molecule has 2 aromatic rings. The maximum absolute atomic E-state index is 13.6. The van der Waals surface area contributed by atoms with Crippen LogP contribution >= 0.6 is 11.3 Å². The van der Waals surface area contributed by atoms with E-state index in [1.165, 1.54) is 4.90 Å². The van der Waals surface area contributed by atoms with Gasteiger partial charge in [0.15, 0.2) is 6.29 Å². The Morgan fingerprint density at radius 3 is 2.66 bits per heavy atom. The number of rotatable bonds is 7. The van der Waals surface area contributed by atoms with Gasteiger partial charge in [-0.2, -0.15) is 4.31 Å². The molecule has 12 heteroatoms. The number of benzene rings is 1. The minimum absolute atomic E-state index is 0.0178. The van der Waals surface area contributed by atoms with Gasteiger partial charge in [0.25, 0.3) is 15.9 Å². The molecule has 2 fully saturated rings. The standard InChI is InChI=1S/C23H30N4O6S2/c1-2-24-23(29)26-13-14-27(18(16-26)22(28)25-33-20-10-6-7-15-32-20)35(30,31)21-12-11-19(34-21)17-8-4-3-5-9-17/h3-5,8-9,11-12,18,20H,2,6-7,10,13-16H2,1H3,(H,24,29)(H,25,28). The molecule has 0 bridgehead atoms. The fourth-order valence-corrected chi connectivity index (χ4v) is 7.05. The van der Waals surface area contributed by atoms with Gasteiger partial charge in [-0.05, 0) is 37.5 Å². The summed E-state index contributed by atoms with van der Waals surface area (Å²) in [7, 11) is -4.00. The maximum atomic E-state index is 13.6. The molecular weight excluding hydrogens is 492 g/mol. The van der Waals surface area contributed by atoms with Crippen molar-refractivity contribution in [2.45, 2.75) is 42.7 Å². The van der Waals surface area contributed by atoms with Crippen LogP contribution in [0.4, 0.5) is 4.79 Å². The molecule has 190 valence electrons. The summed E-state index contributed by atoms with van der Waals surface area (Å²) in [5.74, 6) is -0.642. The van der Waals surface area contributed by atoms with E-state index in [2.05, 4.69) is 10.8 Å². The van der Waals surface area contributed by atoms with Crippen molar-refractivity contribution in [3.63, 3.8) is 0 Å². The lowest BCUT2D eigenvalue weighted by atomic mass is 10.2. The highest BCUT2D eigenvalue weighted by Crippen LogP contribution is 2.33. The quantitative estimate of drug-likeness (QED) is 0.540. The van der Waals surface area contributed by atoms with Crippen LogP contribution < -0.4 is 10.8 Å². The van der Waals surface area contributed by atoms with Crippen molar-refractivity contribution >= 4 is 33.3 Å². The average Bonchev–Trinajstić information content (AvgIpc) is 3.40. The van der Waals surface area contributed by atoms with Crippen LogP contribution in [-0.4, -0.2) is 74.7 Å². The van der Waals surface area contributed by atoms with E-state index in [1.807, 2.05) is 30.3 Å². The monoisotopic (exact) mass is 522 g/mol. The fraction of sp³-hybridized carbons (Fsp3) is 0.478. The van der Waals surface area contributed by atoms with E-state index >= 15 is 0 Å². The number of piperazine rings is 1. The molecule has 4 rings (SSSR count). The van der Waals surface area contributed by atoms with Crippen molar-refractivity contribution in [1.29, 1.82) is 0 Å². The number of ether oxygens (including phenoxy) is 1. The van der Waals surface area contributed by atoms with E-state index in [9.17, 15) is 18.0 Å². The Kier molecular flexibility index (Phi) is 8.39. The van der Waals surface area contributed by atoms with Gasteiger partial charge in [0.2, 0.25) is 0 Å². The number of thiophene rings is 1. The normalized spacial score (nSPS) is 21.5. The summed E-state index contributed by atoms with van der Waals surface area (Å²) >= 11 is 1.15. The molecule has 3 amide bonds. The summed E-state index contributed by atoms with van der Waals surface area (Å²) in [6.45, 7) is 2.81. The Bertz CT molecular complexity index is 1120. The molecule has 2 unspecified atom stereocenters. The lowest BCUT2D eigenvalue weighted by molar-refractivity contribution is -0.202. The second-order valence-electron chi connectivity index (χ2n) is 8.28. The van der Waals surface area contributed by atoms with E-state index in [0.717, 1.165) is 38.9 Å². The number of sulfonamides is 1. The first kappa shape index (κ1) is 25.6. The molecule has 1 aromatic heterocycles. The number of nitrogens with zero attached hydrogens (tertiary/aromatic N) is 2. The Balaban J connectivity index is 1.54. The third-order valence-electron chi connectivity index (χ3n) is 5.88. The molecule has 0 spiro atoms. The summed E-state index contributed by atoms with van der Waals surface area (Å²) in [4.78, 5) is 33.2. The summed E-state index contributed by atoms with van der Waals surface area (Å²) in [6.07, 6.45) is 1.90. The number of carbonyl (C=O) groups is 2. The molecule has 2 saturated heterocycles. The molecule has 2 aliphatic rings. The summed E-state index contributed by atoms with van der Waals surface area (Å²) < 4.78 is 34.0. The molecule has 0 aliphatic carbocycles. The summed E-state index contributed by atoms with van der Waals surface area (Å²) in [6, 6.07) is 11.3. The maximum Gasteiger partial charge on any atom is 0.317 e. The highest BCUT2D eigenvalue weighted by molar-refractivity contribution is 7.91. The number of nitrogens with one attached hydrogen (secondary N) is 2. The minimum Gasteiger partial charge on any atom is -0.350 e. The van der Waals surface area contributed by atoms with Crippen LogP contribution in [0.5, 0.6) is 0 Å². The van der Waals surface area contributed by atoms with E-state index < -0.39 is 28.3 Å². The summed E-state index contributed by atoms with van der Waals surface area (Å²) in [5, 5.41) is 2.70. The zero-order chi connectivity index (χ0) is 24.8. The molecule has 0 radical (unpaired) electrons. The van der Waals surface area contributed by atoms with E-state index in [0.29, 0.717) is 19.6 Å². The van der Waals surface area contributed by atoms with Gasteiger partial charge in [0.1, 0.15) is 10.3 Å². The third kappa shape index (κ3) is 6.01. The molecule has 3 heterocycles. The molecule has 2 N–H and O–H groups in total. The van der Waals surface area contributed by atoms with E-state index in [1.54, 1.807) is 19.1 Å². The Morgan fingerprint density at radius 2 is 1.94 bits per heavy atom. The first-order chi connectivity index (χ1) is 16.9. The van der Waals surface area contributed by atoms with Crippen molar-refractivity contribution in [2.75, 3.05) is 32.8 Å². The van der Waals surface area contributed by atoms with Gasteiger partial charge in [-0.3, -0.25) is 4.79 Å². The Labute approximate surface area is 209 Å². The largest absolute Gasteiger partial charge is 0.350 e. The minimum atomic E-state index is -4.00. The van der Waals surface area contributed by atoms with Gasteiger partial charge in [-0.1, -0.05) is 30.3 Å². The van der Waals surface area contributed by atoms with Gasteiger partial charge >= 0.3 is 6.03 Å². The predicted octanol–water partition coefficient (Wildman–Crippen LogP) is 2.39. The smallest absolute Gasteiger partial charge is 0.317 e. The van der Waals surface area contributed by atoms with Gasteiger partial charge in [0, 0.05) is 44.1 Å². The van der Waals surface area contributed by atoms with Crippen molar-refractivity contribution < 1.29 is 27.6 Å². The number of hydrogen-bond donors (Lipinski definition) is 2. The van der Waals surface area contributed by atoms with Crippen LogP contribution in [0.3, 0.4) is 0 Å². The Morgan fingerprint density at radius 1 is 1.14 bits per heavy atom. The number of urea groups is 1. The highest BCUT2D eigenvalue weighted by Gasteiger charge is 2.42. The van der Waals surface area contributed by atoms with Crippen LogP contribution in [0, 0.1) is 0 Å². The first-order valence-corrected chi connectivity index (χ1v) is 13.9. The second kappa shape index (κ2) is 11.5. The molecule has 35 heavy (non-hydrogen) atoms. The van der Waals surface area contributed by atoms with E-state index in [-0.39, 0.29) is 29.9 Å². The molecule has 10 nitrogen and oxygen atoms in total. The summed E-state index contributed by atoms with van der Waals surface area (Å²) in [5.41, 5.74) is 3.29.